The lowest BCUT2D eigenvalue weighted by molar-refractivity contribution is -0.141. The number of esters is 1. The van der Waals surface area contributed by atoms with Crippen LogP contribution in [0.2, 0.25) is 0 Å². The molecule has 1 atom stereocenters. The Morgan fingerprint density at radius 3 is 2.45 bits per heavy atom. The van der Waals surface area contributed by atoms with Gasteiger partial charge in [-0.15, -0.1) is 0 Å². The Labute approximate surface area is 112 Å². The number of allylic oxidation sites excluding steroid dienone is 2. The summed E-state index contributed by atoms with van der Waals surface area (Å²) in [6.07, 6.45) is 0.833. The molecule has 1 aliphatic heterocycles. The predicted octanol–water partition coefficient (Wildman–Crippen LogP) is 1.59. The zero-order valence-corrected chi connectivity index (χ0v) is 10.4. The van der Waals surface area contributed by atoms with Crippen LogP contribution in [0.5, 0.6) is 0 Å². The molecule has 0 saturated heterocycles. The number of ether oxygens (including phenoxy) is 1. The summed E-state index contributed by atoms with van der Waals surface area (Å²) in [4.78, 5) is 11.5. The summed E-state index contributed by atoms with van der Waals surface area (Å²) < 4.78 is 45.7. The first kappa shape index (κ1) is 14.0. The fourth-order valence-electron chi connectivity index (χ4n) is 1.84. The van der Waals surface area contributed by atoms with E-state index >= 15 is 0 Å². The topological polar surface area (TPSA) is 64.3 Å². The van der Waals surface area contributed by atoms with Crippen molar-refractivity contribution in [3.05, 3.63) is 53.0 Å². The van der Waals surface area contributed by atoms with Crippen LogP contribution in [0, 0.1) is 11.6 Å². The van der Waals surface area contributed by atoms with Crippen LogP contribution in [-0.2, 0) is 9.53 Å². The van der Waals surface area contributed by atoms with Crippen molar-refractivity contribution < 1.29 is 22.7 Å². The van der Waals surface area contributed by atoms with Gasteiger partial charge in [0.2, 0.25) is 0 Å². The van der Waals surface area contributed by atoms with E-state index in [4.69, 9.17) is 5.73 Å². The van der Waals surface area contributed by atoms with Crippen LogP contribution in [0.1, 0.15) is 5.56 Å². The SMILES string of the molecule is COC(=O)C1NC(c2c(F)cccc2F)=C(F)C=C1N. The summed E-state index contributed by atoms with van der Waals surface area (Å²) in [5, 5.41) is 2.36. The number of halogens is 3. The number of methoxy groups -OCH3 is 1. The summed E-state index contributed by atoms with van der Waals surface area (Å²) in [6, 6.07) is 1.91. The molecule has 1 aliphatic rings. The molecule has 106 valence electrons. The zero-order chi connectivity index (χ0) is 14.9. The molecule has 20 heavy (non-hydrogen) atoms. The largest absolute Gasteiger partial charge is 0.467 e. The Balaban J connectivity index is 2.51. The third-order valence-electron chi connectivity index (χ3n) is 2.80. The molecule has 1 aromatic rings. The van der Waals surface area contributed by atoms with Crippen molar-refractivity contribution in [3.8, 4) is 0 Å². The van der Waals surface area contributed by atoms with E-state index < -0.39 is 40.7 Å². The van der Waals surface area contributed by atoms with Crippen molar-refractivity contribution in [3.63, 3.8) is 0 Å². The molecule has 0 saturated carbocycles. The molecule has 4 nitrogen and oxygen atoms in total. The maximum absolute atomic E-state index is 13.9. The molecule has 1 heterocycles. The summed E-state index contributed by atoms with van der Waals surface area (Å²) in [5.74, 6) is -3.67. The highest BCUT2D eigenvalue weighted by Crippen LogP contribution is 2.28. The number of hydrogen-bond acceptors (Lipinski definition) is 4. The van der Waals surface area contributed by atoms with Gasteiger partial charge in [0.25, 0.3) is 0 Å². The van der Waals surface area contributed by atoms with E-state index in [9.17, 15) is 18.0 Å². The van der Waals surface area contributed by atoms with Crippen molar-refractivity contribution in [2.45, 2.75) is 6.04 Å². The van der Waals surface area contributed by atoms with Gasteiger partial charge >= 0.3 is 5.97 Å². The molecule has 7 heteroatoms. The minimum atomic E-state index is -1.20. The van der Waals surface area contributed by atoms with Gasteiger partial charge in [-0.3, -0.25) is 0 Å². The first-order valence-corrected chi connectivity index (χ1v) is 5.61. The summed E-state index contributed by atoms with van der Waals surface area (Å²) in [5.41, 5.74) is 4.28. The maximum atomic E-state index is 13.9. The van der Waals surface area contributed by atoms with Crippen molar-refractivity contribution in [1.82, 2.24) is 5.32 Å². The van der Waals surface area contributed by atoms with E-state index in [2.05, 4.69) is 10.1 Å². The molecule has 0 aliphatic carbocycles. The normalized spacial score (nSPS) is 18.4. The second-order valence-corrected chi connectivity index (χ2v) is 4.06. The van der Waals surface area contributed by atoms with Crippen LogP contribution < -0.4 is 11.1 Å². The van der Waals surface area contributed by atoms with Gasteiger partial charge in [0, 0.05) is 5.70 Å². The molecule has 2 rings (SSSR count). The standard InChI is InChI=1S/C13H11F3N2O2/c1-20-13(19)12-9(17)5-8(16)11(18-12)10-6(14)3-2-4-7(10)15/h2-5,12,18H,17H2,1H3. The lowest BCUT2D eigenvalue weighted by atomic mass is 10.0. The minimum absolute atomic E-state index is 0.144. The number of carbonyl (C=O) groups is 1. The molecule has 1 aromatic carbocycles. The maximum Gasteiger partial charge on any atom is 0.334 e. The Morgan fingerprint density at radius 2 is 1.90 bits per heavy atom. The fraction of sp³-hybridized carbons (Fsp3) is 0.154. The summed E-state index contributed by atoms with van der Waals surface area (Å²) in [7, 11) is 1.12. The Morgan fingerprint density at radius 1 is 1.30 bits per heavy atom. The Hall–Kier alpha value is -2.44. The van der Waals surface area contributed by atoms with Crippen LogP contribution in [0.4, 0.5) is 13.2 Å². The molecule has 1 unspecified atom stereocenters. The van der Waals surface area contributed by atoms with Crippen molar-refractivity contribution >= 4 is 11.7 Å². The highest BCUT2D eigenvalue weighted by Gasteiger charge is 2.30. The van der Waals surface area contributed by atoms with Crippen LogP contribution >= 0.6 is 0 Å². The molecule has 0 spiro atoms. The van der Waals surface area contributed by atoms with Gasteiger partial charge in [-0.25, -0.2) is 18.0 Å². The quantitative estimate of drug-likeness (QED) is 0.810. The summed E-state index contributed by atoms with van der Waals surface area (Å²) in [6.45, 7) is 0. The number of rotatable bonds is 2. The molecule has 0 amide bonds. The van der Waals surface area contributed by atoms with Crippen LogP contribution in [0.15, 0.2) is 35.8 Å². The van der Waals surface area contributed by atoms with Crippen molar-refractivity contribution in [2.75, 3.05) is 7.11 Å². The van der Waals surface area contributed by atoms with Gasteiger partial charge < -0.3 is 15.8 Å². The van der Waals surface area contributed by atoms with E-state index in [0.29, 0.717) is 0 Å². The number of hydrogen-bond donors (Lipinski definition) is 2. The second kappa shape index (κ2) is 5.28. The molecular formula is C13H11F3N2O2. The van der Waals surface area contributed by atoms with Gasteiger partial charge in [0.15, 0.2) is 6.04 Å². The number of dihydropyridines is 1. The van der Waals surface area contributed by atoms with Crippen molar-refractivity contribution in [1.29, 1.82) is 0 Å². The van der Waals surface area contributed by atoms with E-state index in [1.54, 1.807) is 0 Å². The van der Waals surface area contributed by atoms with E-state index in [0.717, 1.165) is 31.4 Å². The molecule has 0 aromatic heterocycles. The lowest BCUT2D eigenvalue weighted by Gasteiger charge is -2.24. The smallest absolute Gasteiger partial charge is 0.334 e. The molecule has 3 N–H and O–H groups in total. The highest BCUT2D eigenvalue weighted by molar-refractivity contribution is 5.84. The van der Waals surface area contributed by atoms with Crippen molar-refractivity contribution in [2.24, 2.45) is 5.73 Å². The third kappa shape index (κ3) is 2.34. The Bertz CT molecular complexity index is 606. The van der Waals surface area contributed by atoms with E-state index in [1.807, 2.05) is 0 Å². The van der Waals surface area contributed by atoms with Crippen LogP contribution in [0.25, 0.3) is 5.70 Å². The van der Waals surface area contributed by atoms with Gasteiger partial charge in [-0.05, 0) is 18.2 Å². The molecule has 0 fully saturated rings. The van der Waals surface area contributed by atoms with Gasteiger partial charge in [0.05, 0.1) is 18.4 Å². The first-order chi connectivity index (χ1) is 9.45. The minimum Gasteiger partial charge on any atom is -0.467 e. The average Bonchev–Trinajstić information content (AvgIpc) is 2.40. The first-order valence-electron chi connectivity index (χ1n) is 5.61. The fourth-order valence-corrected chi connectivity index (χ4v) is 1.84. The van der Waals surface area contributed by atoms with Gasteiger partial charge in [-0.1, -0.05) is 6.07 Å². The van der Waals surface area contributed by atoms with E-state index in [-0.39, 0.29) is 5.70 Å². The van der Waals surface area contributed by atoms with E-state index in [1.165, 1.54) is 0 Å². The monoisotopic (exact) mass is 284 g/mol. The lowest BCUT2D eigenvalue weighted by Crippen LogP contribution is -2.43. The number of carbonyl (C=O) groups excluding carboxylic acids is 1. The average molecular weight is 284 g/mol. The summed E-state index contributed by atoms with van der Waals surface area (Å²) >= 11 is 0. The van der Waals surface area contributed by atoms with Crippen LogP contribution in [-0.4, -0.2) is 19.1 Å². The molecule has 0 radical (unpaired) electrons. The predicted molar refractivity (Wildman–Crippen MR) is 65.6 cm³/mol. The zero-order valence-electron chi connectivity index (χ0n) is 10.4. The Kier molecular flexibility index (Phi) is 3.69. The van der Waals surface area contributed by atoms with Crippen LogP contribution in [0.3, 0.4) is 0 Å². The molecular weight excluding hydrogens is 273 g/mol. The van der Waals surface area contributed by atoms with Gasteiger partial charge in [-0.2, -0.15) is 0 Å². The number of nitrogens with one attached hydrogen (secondary N) is 1. The number of benzene rings is 1. The molecule has 0 bridgehead atoms. The second-order valence-electron chi connectivity index (χ2n) is 4.06. The number of nitrogens with two attached hydrogens (primary N) is 1. The van der Waals surface area contributed by atoms with Gasteiger partial charge in [0.1, 0.15) is 17.5 Å². The third-order valence-corrected chi connectivity index (χ3v) is 2.80. The highest BCUT2D eigenvalue weighted by atomic mass is 19.1.